The summed E-state index contributed by atoms with van der Waals surface area (Å²) in [6, 6.07) is 7.00. The Bertz CT molecular complexity index is 1490. The fourth-order valence-electron chi connectivity index (χ4n) is 5.39. The van der Waals surface area contributed by atoms with Crippen LogP contribution in [0.25, 0.3) is 28.0 Å². The molecule has 2 fully saturated rings. The molecule has 4 aromatic rings. The van der Waals surface area contributed by atoms with Crippen LogP contribution in [-0.4, -0.2) is 91.0 Å². The van der Waals surface area contributed by atoms with Crippen LogP contribution in [0.5, 0.6) is 0 Å². The Labute approximate surface area is 223 Å². The number of imidazole rings is 2. The van der Waals surface area contributed by atoms with Gasteiger partial charge in [0.25, 0.3) is 6.43 Å². The number of alkyl halides is 2. The van der Waals surface area contributed by atoms with Crippen molar-refractivity contribution in [2.45, 2.75) is 32.2 Å². The molecule has 1 N–H and O–H groups in total. The molecule has 1 atom stereocenters. The van der Waals surface area contributed by atoms with Crippen molar-refractivity contribution in [1.29, 1.82) is 0 Å². The molecule has 39 heavy (non-hydrogen) atoms. The first-order chi connectivity index (χ1) is 19.0. The highest BCUT2D eigenvalue weighted by atomic mass is 19.3. The van der Waals surface area contributed by atoms with Crippen molar-refractivity contribution < 1.29 is 23.4 Å². The number of carbonyl (C=O) groups excluding carboxylic acids is 1. The highest BCUT2D eigenvalue weighted by Gasteiger charge is 2.30. The Morgan fingerprint density at radius 1 is 1.10 bits per heavy atom. The highest BCUT2D eigenvalue weighted by Crippen LogP contribution is 2.33. The quantitative estimate of drug-likeness (QED) is 0.397. The van der Waals surface area contributed by atoms with Crippen molar-refractivity contribution >= 4 is 34.1 Å². The van der Waals surface area contributed by atoms with E-state index in [9.17, 15) is 18.7 Å². The molecule has 5 heterocycles. The van der Waals surface area contributed by atoms with E-state index in [0.29, 0.717) is 80.4 Å². The summed E-state index contributed by atoms with van der Waals surface area (Å²) in [5.74, 6) is -0.213. The molecule has 0 radical (unpaired) electrons. The van der Waals surface area contributed by atoms with Crippen LogP contribution in [-0.2, 0) is 9.53 Å². The molecule has 0 bridgehead atoms. The number of carbonyl (C=O) groups is 1. The summed E-state index contributed by atoms with van der Waals surface area (Å²) in [6.45, 7) is 4.82. The summed E-state index contributed by atoms with van der Waals surface area (Å²) >= 11 is 0. The van der Waals surface area contributed by atoms with Gasteiger partial charge in [-0.2, -0.15) is 9.97 Å². The van der Waals surface area contributed by atoms with E-state index in [1.54, 1.807) is 42.4 Å². The lowest BCUT2D eigenvalue weighted by molar-refractivity contribution is -0.137. The Kier molecular flexibility index (Phi) is 6.85. The number of hydrogen-bond donors (Lipinski definition) is 1. The average molecular weight is 541 g/mol. The van der Waals surface area contributed by atoms with Crippen molar-refractivity contribution in [3.8, 4) is 5.82 Å². The third-order valence-electron chi connectivity index (χ3n) is 7.54. The van der Waals surface area contributed by atoms with Crippen LogP contribution in [0.1, 0.15) is 38.1 Å². The van der Waals surface area contributed by atoms with Crippen LogP contribution in [0.4, 0.5) is 14.7 Å². The first-order valence-electron chi connectivity index (χ1n) is 13.2. The molecular weight excluding hydrogens is 510 g/mol. The molecule has 1 aromatic carbocycles. The minimum Gasteiger partial charge on any atom is -0.396 e. The van der Waals surface area contributed by atoms with Crippen LogP contribution in [0.3, 0.4) is 0 Å². The van der Waals surface area contributed by atoms with Crippen LogP contribution < -0.4 is 4.90 Å². The van der Waals surface area contributed by atoms with Gasteiger partial charge < -0.3 is 24.2 Å². The van der Waals surface area contributed by atoms with Gasteiger partial charge in [-0.1, -0.05) is 19.1 Å². The second-order valence-electron chi connectivity index (χ2n) is 10.0. The second-order valence-corrected chi connectivity index (χ2v) is 10.0. The van der Waals surface area contributed by atoms with Crippen molar-refractivity contribution in [2.24, 2.45) is 5.92 Å². The van der Waals surface area contributed by atoms with Crippen molar-refractivity contribution in [1.82, 2.24) is 34.0 Å². The number of aromatic nitrogens is 6. The Morgan fingerprint density at radius 2 is 1.85 bits per heavy atom. The fraction of sp³-hybridized carbons (Fsp3) is 0.500. The van der Waals surface area contributed by atoms with Gasteiger partial charge in [0, 0.05) is 32.2 Å². The third kappa shape index (κ3) is 4.59. The molecule has 1 unspecified atom stereocenters. The smallest absolute Gasteiger partial charge is 0.296 e. The number of piperidine rings is 1. The van der Waals surface area contributed by atoms with Gasteiger partial charge in [-0.15, -0.1) is 0 Å². The van der Waals surface area contributed by atoms with Gasteiger partial charge in [0.2, 0.25) is 11.9 Å². The highest BCUT2D eigenvalue weighted by molar-refractivity contribution is 5.85. The summed E-state index contributed by atoms with van der Waals surface area (Å²) in [4.78, 5) is 34.8. The molecule has 2 aliphatic rings. The summed E-state index contributed by atoms with van der Waals surface area (Å²) < 4.78 is 37.4. The van der Waals surface area contributed by atoms with Crippen molar-refractivity contribution in [3.63, 3.8) is 0 Å². The SMILES string of the molecule is CC(CO)C(=O)N1CCC(n2cnc3c(-n4c(C(F)F)nc5ccccc54)nc(N4CCOCC4)nc32)CC1. The van der Waals surface area contributed by atoms with E-state index in [2.05, 4.69) is 9.97 Å². The van der Waals surface area contributed by atoms with Gasteiger partial charge in [-0.25, -0.2) is 18.7 Å². The predicted octanol–water partition coefficient (Wildman–Crippen LogP) is 2.73. The lowest BCUT2D eigenvalue weighted by atomic mass is 10.0. The summed E-state index contributed by atoms with van der Waals surface area (Å²) in [6.07, 6.45) is 0.223. The molecule has 2 aliphatic heterocycles. The molecule has 6 rings (SSSR count). The van der Waals surface area contributed by atoms with Gasteiger partial charge in [0.15, 0.2) is 22.8 Å². The third-order valence-corrected chi connectivity index (χ3v) is 7.54. The number of ether oxygens (including phenoxy) is 1. The average Bonchev–Trinajstić information content (AvgIpc) is 3.59. The van der Waals surface area contributed by atoms with Crippen LogP contribution in [0, 0.1) is 5.92 Å². The molecule has 206 valence electrons. The number of rotatable bonds is 6. The normalized spacial score (nSPS) is 18.0. The Morgan fingerprint density at radius 3 is 2.56 bits per heavy atom. The number of morpholine rings is 1. The molecule has 3 aromatic heterocycles. The minimum absolute atomic E-state index is 0.0119. The van der Waals surface area contributed by atoms with Crippen LogP contribution >= 0.6 is 0 Å². The molecule has 13 heteroatoms. The van der Waals surface area contributed by atoms with Crippen molar-refractivity contribution in [3.05, 3.63) is 36.4 Å². The monoisotopic (exact) mass is 540 g/mol. The number of fused-ring (bicyclic) bond motifs is 2. The molecule has 0 aliphatic carbocycles. The van der Waals surface area contributed by atoms with Gasteiger partial charge >= 0.3 is 0 Å². The van der Waals surface area contributed by atoms with E-state index in [-0.39, 0.29) is 24.4 Å². The number of anilines is 1. The van der Waals surface area contributed by atoms with Crippen LogP contribution in [0.15, 0.2) is 30.6 Å². The molecule has 1 amide bonds. The number of likely N-dealkylation sites (tertiary alicyclic amines) is 1. The molecule has 2 saturated heterocycles. The summed E-state index contributed by atoms with van der Waals surface area (Å²) in [5, 5.41) is 9.37. The summed E-state index contributed by atoms with van der Waals surface area (Å²) in [5.41, 5.74) is 1.92. The predicted molar refractivity (Wildman–Crippen MR) is 139 cm³/mol. The molecular formula is C26H30F2N8O3. The fourth-order valence-corrected chi connectivity index (χ4v) is 5.39. The first-order valence-corrected chi connectivity index (χ1v) is 13.2. The Hall–Kier alpha value is -3.71. The topological polar surface area (TPSA) is 114 Å². The first kappa shape index (κ1) is 25.6. The maximum Gasteiger partial charge on any atom is 0.296 e. The number of hydrogen-bond acceptors (Lipinski definition) is 8. The van der Waals surface area contributed by atoms with Gasteiger partial charge in [-0.3, -0.25) is 9.36 Å². The number of para-hydroxylation sites is 2. The molecule has 0 spiro atoms. The number of aliphatic hydroxyl groups is 1. The maximum atomic E-state index is 14.3. The largest absolute Gasteiger partial charge is 0.396 e. The summed E-state index contributed by atoms with van der Waals surface area (Å²) in [7, 11) is 0. The zero-order chi connectivity index (χ0) is 27.1. The van der Waals surface area contributed by atoms with Crippen molar-refractivity contribution in [2.75, 3.05) is 50.9 Å². The van der Waals surface area contributed by atoms with E-state index in [1.807, 2.05) is 9.47 Å². The second kappa shape index (κ2) is 10.5. The van der Waals surface area contributed by atoms with Gasteiger partial charge in [0.1, 0.15) is 0 Å². The molecule has 11 nitrogen and oxygen atoms in total. The van der Waals surface area contributed by atoms with E-state index in [4.69, 9.17) is 14.7 Å². The van der Waals surface area contributed by atoms with E-state index < -0.39 is 18.2 Å². The Balaban J connectivity index is 1.45. The number of amides is 1. The number of halogens is 2. The zero-order valence-corrected chi connectivity index (χ0v) is 21.6. The number of benzene rings is 1. The van der Waals surface area contributed by atoms with E-state index >= 15 is 0 Å². The van der Waals surface area contributed by atoms with E-state index in [1.165, 1.54) is 4.57 Å². The van der Waals surface area contributed by atoms with Gasteiger partial charge in [-0.05, 0) is 25.0 Å². The van der Waals surface area contributed by atoms with Gasteiger partial charge in [0.05, 0.1) is 43.1 Å². The lowest BCUT2D eigenvalue weighted by Gasteiger charge is -2.34. The maximum absolute atomic E-state index is 14.3. The zero-order valence-electron chi connectivity index (χ0n) is 21.6. The molecule has 0 saturated carbocycles. The van der Waals surface area contributed by atoms with E-state index in [0.717, 1.165) is 0 Å². The number of nitrogens with zero attached hydrogens (tertiary/aromatic N) is 8. The van der Waals surface area contributed by atoms with Crippen LogP contribution in [0.2, 0.25) is 0 Å². The standard InChI is InChI=1S/C26H30F2N8O3/c1-16(14-37)25(38)33-8-6-17(7-9-33)35-15-29-20-22(35)31-26(34-10-12-39-13-11-34)32-23(20)36-19-5-3-2-4-18(19)30-24(36)21(27)28/h2-5,15-17,21,37H,6-14H2,1H3. The minimum atomic E-state index is -2.82. The lowest BCUT2D eigenvalue weighted by Crippen LogP contribution is -2.42. The number of aliphatic hydroxyl groups excluding tert-OH is 1.